The first-order chi connectivity index (χ1) is 19.3. The summed E-state index contributed by atoms with van der Waals surface area (Å²) in [4.78, 5) is 14.1. The van der Waals surface area contributed by atoms with Crippen LogP contribution in [0.3, 0.4) is 0 Å². The Bertz CT molecular complexity index is 1660. The number of benzene rings is 2. The molecule has 4 heterocycles. The zero-order valence-corrected chi connectivity index (χ0v) is 22.6. The average molecular weight is 566 g/mol. The van der Waals surface area contributed by atoms with E-state index in [0.717, 1.165) is 32.3 Å². The third-order valence-corrected chi connectivity index (χ3v) is 8.54. The molecule has 40 heavy (non-hydrogen) atoms. The number of hydrogen-bond acceptors (Lipinski definition) is 7. The molecule has 2 N–H and O–H groups in total. The Morgan fingerprint density at radius 3 is 2.73 bits per heavy atom. The molecule has 0 spiro atoms. The molecule has 11 nitrogen and oxygen atoms in total. The summed E-state index contributed by atoms with van der Waals surface area (Å²) in [6, 6.07) is 11.0. The van der Waals surface area contributed by atoms with Crippen molar-refractivity contribution in [2.75, 3.05) is 23.9 Å². The van der Waals surface area contributed by atoms with E-state index in [1.165, 1.54) is 0 Å². The summed E-state index contributed by atoms with van der Waals surface area (Å²) < 4.78 is 52.1. The van der Waals surface area contributed by atoms with Crippen LogP contribution in [0, 0.1) is 5.82 Å². The SMILES string of the molecule is Cn1cc(CCN2CCc3cc(OCc4ccccc4)c(N4CC(=O)NS4(=O)=O)c(F)c3C2)c(-c2cn[nH]c2)n1. The largest absolute Gasteiger partial charge is 0.487 e. The maximum absolute atomic E-state index is 16.3. The van der Waals surface area contributed by atoms with Crippen LogP contribution in [0.4, 0.5) is 10.1 Å². The van der Waals surface area contributed by atoms with Crippen molar-refractivity contribution in [1.82, 2.24) is 29.6 Å². The lowest BCUT2D eigenvalue weighted by Gasteiger charge is -2.31. The summed E-state index contributed by atoms with van der Waals surface area (Å²) >= 11 is 0. The number of nitrogens with zero attached hydrogens (tertiary/aromatic N) is 5. The van der Waals surface area contributed by atoms with Gasteiger partial charge in [-0.1, -0.05) is 30.3 Å². The van der Waals surface area contributed by atoms with E-state index in [0.29, 0.717) is 38.0 Å². The summed E-state index contributed by atoms with van der Waals surface area (Å²) in [6.07, 6.45) is 6.75. The number of hydrogen-bond donors (Lipinski definition) is 2. The monoisotopic (exact) mass is 565 g/mol. The number of fused-ring (bicyclic) bond motifs is 1. The Labute approximate surface area is 230 Å². The van der Waals surface area contributed by atoms with Crippen LogP contribution in [0.15, 0.2) is 55.0 Å². The third kappa shape index (κ3) is 5.05. The van der Waals surface area contributed by atoms with Crippen LogP contribution in [-0.2, 0) is 48.0 Å². The first kappa shape index (κ1) is 26.0. The lowest BCUT2D eigenvalue weighted by atomic mass is 9.97. The van der Waals surface area contributed by atoms with Gasteiger partial charge in [0.15, 0.2) is 5.82 Å². The fourth-order valence-corrected chi connectivity index (χ4v) is 6.38. The van der Waals surface area contributed by atoms with Crippen molar-refractivity contribution in [2.45, 2.75) is 26.0 Å². The van der Waals surface area contributed by atoms with E-state index in [2.05, 4.69) is 20.2 Å². The molecule has 0 radical (unpaired) electrons. The van der Waals surface area contributed by atoms with Gasteiger partial charge in [-0.3, -0.25) is 19.5 Å². The number of aromatic amines is 1. The topological polar surface area (TPSA) is 125 Å². The number of aromatic nitrogens is 4. The summed E-state index contributed by atoms with van der Waals surface area (Å²) in [6.45, 7) is 1.26. The highest BCUT2D eigenvalue weighted by atomic mass is 32.2. The summed E-state index contributed by atoms with van der Waals surface area (Å²) in [5.74, 6) is -1.32. The fourth-order valence-electron chi connectivity index (χ4n) is 5.22. The Morgan fingerprint density at radius 1 is 1.18 bits per heavy atom. The molecule has 1 fully saturated rings. The van der Waals surface area contributed by atoms with E-state index < -0.39 is 28.5 Å². The predicted molar refractivity (Wildman–Crippen MR) is 145 cm³/mol. The molecule has 0 saturated carbocycles. The van der Waals surface area contributed by atoms with Gasteiger partial charge in [-0.05, 0) is 35.6 Å². The molecule has 13 heteroatoms. The van der Waals surface area contributed by atoms with Crippen molar-refractivity contribution in [3.8, 4) is 17.0 Å². The van der Waals surface area contributed by atoms with Gasteiger partial charge < -0.3 is 4.74 Å². The molecule has 0 atom stereocenters. The second kappa shape index (κ2) is 10.4. The number of carbonyl (C=O) groups excluding carboxylic acids is 1. The van der Waals surface area contributed by atoms with E-state index in [4.69, 9.17) is 4.74 Å². The lowest BCUT2D eigenvalue weighted by Crippen LogP contribution is -2.35. The number of nitrogens with one attached hydrogen (secondary N) is 2. The number of anilines is 1. The van der Waals surface area contributed by atoms with Crippen LogP contribution in [-0.4, -0.2) is 58.8 Å². The van der Waals surface area contributed by atoms with Gasteiger partial charge in [0.2, 0.25) is 0 Å². The normalized spacial score (nSPS) is 16.6. The molecule has 0 bridgehead atoms. The summed E-state index contributed by atoms with van der Waals surface area (Å²) in [7, 11) is -2.38. The van der Waals surface area contributed by atoms with Crippen LogP contribution in [0.5, 0.6) is 5.75 Å². The number of halogens is 1. The second-order valence-electron chi connectivity index (χ2n) is 9.93. The van der Waals surface area contributed by atoms with Gasteiger partial charge in [-0.25, -0.2) is 13.4 Å². The third-order valence-electron chi connectivity index (χ3n) is 7.16. The van der Waals surface area contributed by atoms with Crippen molar-refractivity contribution in [3.05, 3.63) is 83.1 Å². The first-order valence-electron chi connectivity index (χ1n) is 12.9. The zero-order valence-electron chi connectivity index (χ0n) is 21.8. The highest BCUT2D eigenvalue weighted by Gasteiger charge is 2.39. The Kier molecular flexibility index (Phi) is 6.76. The van der Waals surface area contributed by atoms with E-state index in [1.807, 2.05) is 48.3 Å². The van der Waals surface area contributed by atoms with Gasteiger partial charge in [0, 0.05) is 50.2 Å². The zero-order chi connectivity index (χ0) is 27.9. The van der Waals surface area contributed by atoms with Gasteiger partial charge in [-0.15, -0.1) is 0 Å². The van der Waals surface area contributed by atoms with E-state index in [9.17, 15) is 13.2 Å². The van der Waals surface area contributed by atoms with E-state index in [-0.39, 0.29) is 18.0 Å². The highest BCUT2D eigenvalue weighted by Crippen LogP contribution is 2.40. The highest BCUT2D eigenvalue weighted by molar-refractivity contribution is 7.92. The fraction of sp³-hybridized carbons (Fsp3) is 0.296. The molecule has 2 aliphatic heterocycles. The lowest BCUT2D eigenvalue weighted by molar-refractivity contribution is -0.117. The van der Waals surface area contributed by atoms with Crippen molar-refractivity contribution in [2.24, 2.45) is 7.05 Å². The van der Waals surface area contributed by atoms with E-state index in [1.54, 1.807) is 23.1 Å². The molecule has 4 aromatic rings. The summed E-state index contributed by atoms with van der Waals surface area (Å²) in [5.41, 5.74) is 4.56. The molecule has 6 rings (SSSR count). The first-order valence-corrected chi connectivity index (χ1v) is 14.3. The minimum absolute atomic E-state index is 0.0914. The quantitative estimate of drug-likeness (QED) is 0.336. The van der Waals surface area contributed by atoms with E-state index >= 15 is 4.39 Å². The minimum Gasteiger partial charge on any atom is -0.487 e. The Balaban J connectivity index is 1.28. The van der Waals surface area contributed by atoms with Crippen LogP contribution >= 0.6 is 0 Å². The van der Waals surface area contributed by atoms with Crippen LogP contribution in [0.2, 0.25) is 0 Å². The summed E-state index contributed by atoms with van der Waals surface area (Å²) in [5, 5.41) is 11.4. The van der Waals surface area contributed by atoms with Crippen LogP contribution in [0.25, 0.3) is 11.3 Å². The van der Waals surface area contributed by atoms with Crippen molar-refractivity contribution < 1.29 is 22.3 Å². The number of amides is 1. The Morgan fingerprint density at radius 2 is 2.00 bits per heavy atom. The predicted octanol–water partition coefficient (Wildman–Crippen LogP) is 2.31. The smallest absolute Gasteiger partial charge is 0.326 e. The minimum atomic E-state index is -4.24. The molecule has 0 aliphatic carbocycles. The van der Waals surface area contributed by atoms with Crippen molar-refractivity contribution in [1.29, 1.82) is 0 Å². The maximum atomic E-state index is 16.3. The van der Waals surface area contributed by atoms with Crippen LogP contribution in [0.1, 0.15) is 22.3 Å². The molecule has 1 amide bonds. The number of carbonyl (C=O) groups is 1. The van der Waals surface area contributed by atoms with Gasteiger partial charge in [-0.2, -0.15) is 18.6 Å². The van der Waals surface area contributed by atoms with Crippen molar-refractivity contribution >= 4 is 21.8 Å². The van der Waals surface area contributed by atoms with Gasteiger partial charge in [0.1, 0.15) is 24.6 Å². The number of aryl methyl sites for hydroxylation is 1. The van der Waals surface area contributed by atoms with Gasteiger partial charge >= 0.3 is 10.2 Å². The number of rotatable bonds is 8. The molecule has 2 aromatic heterocycles. The second-order valence-corrected chi connectivity index (χ2v) is 11.5. The average Bonchev–Trinajstić information content (AvgIpc) is 3.65. The molecular formula is C27H28FN7O4S. The molecule has 2 aromatic carbocycles. The maximum Gasteiger partial charge on any atom is 0.326 e. The molecule has 2 aliphatic rings. The van der Waals surface area contributed by atoms with Gasteiger partial charge in [0.25, 0.3) is 5.91 Å². The van der Waals surface area contributed by atoms with Gasteiger partial charge in [0.05, 0.1) is 11.9 Å². The molecule has 208 valence electrons. The molecular weight excluding hydrogens is 537 g/mol. The number of ether oxygens (including phenoxy) is 1. The van der Waals surface area contributed by atoms with Crippen LogP contribution < -0.4 is 13.8 Å². The molecule has 1 saturated heterocycles. The standard InChI is InChI=1S/C27H28FN7O4S/c1-33-14-20(26(31-33)21-12-29-30-13-21)8-10-34-9-7-19-11-23(39-17-18-5-3-2-4-6-18)27(25(28)22(19)15-34)35-16-24(36)32-40(35,37)38/h2-6,11-14H,7-10,15-17H2,1H3,(H,29,30)(H,32,36). The number of H-pyrrole nitrogens is 1. The van der Waals surface area contributed by atoms with Crippen molar-refractivity contribution in [3.63, 3.8) is 0 Å². The molecule has 0 unspecified atom stereocenters. The Hall–Kier alpha value is -4.23.